The summed E-state index contributed by atoms with van der Waals surface area (Å²) in [5.41, 5.74) is 4.08. The van der Waals surface area contributed by atoms with Crippen molar-refractivity contribution < 1.29 is 9.84 Å². The van der Waals surface area contributed by atoms with E-state index >= 15 is 0 Å². The van der Waals surface area contributed by atoms with Gasteiger partial charge in [-0.25, -0.2) is 0 Å². The molecule has 0 aliphatic heterocycles. The van der Waals surface area contributed by atoms with Gasteiger partial charge < -0.3 is 9.84 Å². The average Bonchev–Trinajstić information content (AvgIpc) is 2.89. The molecule has 0 amide bonds. The highest BCUT2D eigenvalue weighted by molar-refractivity contribution is 5.28. The number of rotatable bonds is 5. The van der Waals surface area contributed by atoms with E-state index in [4.69, 9.17) is 4.74 Å². The predicted octanol–water partition coefficient (Wildman–Crippen LogP) is 1.45. The molecule has 0 aliphatic rings. The molecular weight excluding hydrogens is 256 g/mol. The molecule has 0 spiro atoms. The van der Waals surface area contributed by atoms with Crippen molar-refractivity contribution in [1.82, 2.24) is 19.6 Å². The van der Waals surface area contributed by atoms with Crippen molar-refractivity contribution in [2.75, 3.05) is 7.11 Å². The average molecular weight is 278 g/mol. The maximum Gasteiger partial charge on any atom is 0.162 e. The SMILES string of the molecule is COc1cnn(C)c1C(O)CCc1c(C)nn(C)c1C. The number of ether oxygens (including phenoxy) is 1. The van der Waals surface area contributed by atoms with Crippen LogP contribution in [0.3, 0.4) is 0 Å². The van der Waals surface area contributed by atoms with Crippen molar-refractivity contribution in [2.24, 2.45) is 14.1 Å². The first kappa shape index (κ1) is 14.6. The van der Waals surface area contributed by atoms with Crippen LogP contribution in [0.5, 0.6) is 5.75 Å². The third kappa shape index (κ3) is 2.56. The van der Waals surface area contributed by atoms with Gasteiger partial charge in [0.2, 0.25) is 0 Å². The first-order chi connectivity index (χ1) is 9.45. The van der Waals surface area contributed by atoms with Gasteiger partial charge in [-0.05, 0) is 32.3 Å². The number of methoxy groups -OCH3 is 1. The topological polar surface area (TPSA) is 65.1 Å². The first-order valence-corrected chi connectivity index (χ1v) is 6.68. The molecule has 110 valence electrons. The number of aliphatic hydroxyl groups excluding tert-OH is 1. The van der Waals surface area contributed by atoms with Crippen LogP contribution in [0.25, 0.3) is 0 Å². The maximum absolute atomic E-state index is 10.4. The van der Waals surface area contributed by atoms with Gasteiger partial charge in [0.15, 0.2) is 5.75 Å². The van der Waals surface area contributed by atoms with Gasteiger partial charge >= 0.3 is 0 Å². The number of hydrogen-bond donors (Lipinski definition) is 1. The molecule has 0 aromatic carbocycles. The fourth-order valence-electron chi connectivity index (χ4n) is 2.56. The molecular formula is C14H22N4O2. The molecule has 2 aromatic rings. The van der Waals surface area contributed by atoms with Gasteiger partial charge in [0, 0.05) is 19.8 Å². The van der Waals surface area contributed by atoms with Crippen LogP contribution in [0.4, 0.5) is 0 Å². The van der Waals surface area contributed by atoms with Crippen molar-refractivity contribution in [2.45, 2.75) is 32.8 Å². The monoisotopic (exact) mass is 278 g/mol. The van der Waals surface area contributed by atoms with E-state index in [-0.39, 0.29) is 0 Å². The third-order valence-corrected chi connectivity index (χ3v) is 3.81. The molecule has 20 heavy (non-hydrogen) atoms. The quantitative estimate of drug-likeness (QED) is 0.899. The molecule has 6 nitrogen and oxygen atoms in total. The van der Waals surface area contributed by atoms with E-state index in [1.165, 1.54) is 5.56 Å². The lowest BCUT2D eigenvalue weighted by Crippen LogP contribution is -2.08. The first-order valence-electron chi connectivity index (χ1n) is 6.68. The molecule has 2 rings (SSSR count). The summed E-state index contributed by atoms with van der Waals surface area (Å²) in [6.07, 6.45) is 2.42. The highest BCUT2D eigenvalue weighted by Crippen LogP contribution is 2.28. The zero-order valence-electron chi connectivity index (χ0n) is 12.7. The second kappa shape index (κ2) is 5.66. The Morgan fingerprint density at radius 1 is 1.30 bits per heavy atom. The molecule has 0 bridgehead atoms. The molecule has 0 fully saturated rings. The van der Waals surface area contributed by atoms with Crippen LogP contribution in [0.2, 0.25) is 0 Å². The van der Waals surface area contributed by atoms with Crippen molar-refractivity contribution >= 4 is 0 Å². The van der Waals surface area contributed by atoms with Crippen LogP contribution in [0.1, 0.15) is 35.2 Å². The second-order valence-electron chi connectivity index (χ2n) is 5.05. The Bertz CT molecular complexity index is 601. The van der Waals surface area contributed by atoms with E-state index in [1.54, 1.807) is 18.0 Å². The summed E-state index contributed by atoms with van der Waals surface area (Å²) in [6.45, 7) is 4.05. The molecule has 0 radical (unpaired) electrons. The standard InChI is InChI=1S/C14H22N4O2/c1-9-11(10(2)17(3)16-9)6-7-12(19)14-13(20-5)8-15-18(14)4/h8,12,19H,6-7H2,1-5H3. The zero-order valence-corrected chi connectivity index (χ0v) is 12.7. The van der Waals surface area contributed by atoms with Gasteiger partial charge in [-0.2, -0.15) is 10.2 Å². The van der Waals surface area contributed by atoms with Gasteiger partial charge in [-0.3, -0.25) is 9.36 Å². The lowest BCUT2D eigenvalue weighted by molar-refractivity contribution is 0.154. The van der Waals surface area contributed by atoms with Crippen LogP contribution in [0, 0.1) is 13.8 Å². The molecule has 6 heteroatoms. The van der Waals surface area contributed by atoms with E-state index < -0.39 is 6.10 Å². The van der Waals surface area contributed by atoms with Crippen LogP contribution in [0.15, 0.2) is 6.20 Å². The number of nitrogens with zero attached hydrogens (tertiary/aromatic N) is 4. The van der Waals surface area contributed by atoms with Crippen molar-refractivity contribution in [3.63, 3.8) is 0 Å². The minimum absolute atomic E-state index is 0.601. The largest absolute Gasteiger partial charge is 0.493 e. The summed E-state index contributed by atoms with van der Waals surface area (Å²) in [4.78, 5) is 0. The molecule has 0 saturated heterocycles. The Balaban J connectivity index is 2.12. The summed E-state index contributed by atoms with van der Waals surface area (Å²) in [5.74, 6) is 0.625. The molecule has 0 saturated carbocycles. The Morgan fingerprint density at radius 2 is 2.00 bits per heavy atom. The lowest BCUT2D eigenvalue weighted by atomic mass is 10.0. The molecule has 2 heterocycles. The van der Waals surface area contributed by atoms with Crippen molar-refractivity contribution in [1.29, 1.82) is 0 Å². The normalized spacial score (nSPS) is 12.7. The smallest absolute Gasteiger partial charge is 0.162 e. The Morgan fingerprint density at radius 3 is 2.55 bits per heavy atom. The molecule has 1 atom stereocenters. The van der Waals surface area contributed by atoms with Crippen molar-refractivity contribution in [3.05, 3.63) is 28.8 Å². The van der Waals surface area contributed by atoms with Crippen LogP contribution < -0.4 is 4.74 Å². The second-order valence-corrected chi connectivity index (χ2v) is 5.05. The van der Waals surface area contributed by atoms with E-state index in [1.807, 2.05) is 32.6 Å². The Kier molecular flexibility index (Phi) is 4.13. The maximum atomic E-state index is 10.4. The van der Waals surface area contributed by atoms with Gasteiger partial charge in [-0.1, -0.05) is 0 Å². The summed E-state index contributed by atoms with van der Waals surface area (Å²) in [6, 6.07) is 0. The summed E-state index contributed by atoms with van der Waals surface area (Å²) in [5, 5.41) is 18.9. The predicted molar refractivity (Wildman–Crippen MR) is 75.7 cm³/mol. The summed E-state index contributed by atoms with van der Waals surface area (Å²) < 4.78 is 8.77. The number of aliphatic hydroxyl groups is 1. The minimum atomic E-state index is -0.601. The van der Waals surface area contributed by atoms with Gasteiger partial charge in [-0.15, -0.1) is 0 Å². The van der Waals surface area contributed by atoms with Gasteiger partial charge in [0.1, 0.15) is 5.69 Å². The van der Waals surface area contributed by atoms with Crippen LogP contribution in [-0.4, -0.2) is 31.8 Å². The Labute approximate surface area is 119 Å². The minimum Gasteiger partial charge on any atom is -0.493 e. The van der Waals surface area contributed by atoms with E-state index in [0.29, 0.717) is 17.9 Å². The number of aromatic nitrogens is 4. The number of hydrogen-bond acceptors (Lipinski definition) is 4. The van der Waals surface area contributed by atoms with Gasteiger partial charge in [0.05, 0.1) is 25.1 Å². The third-order valence-electron chi connectivity index (χ3n) is 3.81. The van der Waals surface area contributed by atoms with E-state index in [0.717, 1.165) is 17.8 Å². The zero-order chi connectivity index (χ0) is 14.9. The lowest BCUT2D eigenvalue weighted by Gasteiger charge is -2.13. The molecule has 1 unspecified atom stereocenters. The molecule has 0 aliphatic carbocycles. The molecule has 2 aromatic heterocycles. The highest BCUT2D eigenvalue weighted by Gasteiger charge is 2.19. The summed E-state index contributed by atoms with van der Waals surface area (Å²) in [7, 11) is 5.33. The Hall–Kier alpha value is -1.82. The molecule has 1 N–H and O–H groups in total. The van der Waals surface area contributed by atoms with Gasteiger partial charge in [0.25, 0.3) is 0 Å². The fraction of sp³-hybridized carbons (Fsp3) is 0.571. The van der Waals surface area contributed by atoms with Crippen molar-refractivity contribution in [3.8, 4) is 5.75 Å². The number of aryl methyl sites for hydroxylation is 3. The van der Waals surface area contributed by atoms with E-state index in [2.05, 4.69) is 10.2 Å². The fourth-order valence-corrected chi connectivity index (χ4v) is 2.56. The summed E-state index contributed by atoms with van der Waals surface area (Å²) >= 11 is 0. The van der Waals surface area contributed by atoms with Crippen LogP contribution in [-0.2, 0) is 20.5 Å². The highest BCUT2D eigenvalue weighted by atomic mass is 16.5. The van der Waals surface area contributed by atoms with Crippen LogP contribution >= 0.6 is 0 Å². The van der Waals surface area contributed by atoms with E-state index in [9.17, 15) is 5.11 Å².